The zero-order chi connectivity index (χ0) is 19.4. The Labute approximate surface area is 149 Å². The molecular formula is C17H16F3NO4S. The predicted octanol–water partition coefficient (Wildman–Crippen LogP) is 3.46. The van der Waals surface area contributed by atoms with Crippen molar-refractivity contribution in [3.63, 3.8) is 0 Å². The molecular weight excluding hydrogens is 371 g/mol. The Morgan fingerprint density at radius 2 is 1.62 bits per heavy atom. The van der Waals surface area contributed by atoms with Gasteiger partial charge in [0.1, 0.15) is 6.54 Å². The number of rotatable bonds is 6. The van der Waals surface area contributed by atoms with Crippen LogP contribution in [0.3, 0.4) is 0 Å². The zero-order valence-electron chi connectivity index (χ0n) is 13.7. The molecule has 0 saturated carbocycles. The minimum Gasteiger partial charge on any atom is -0.465 e. The van der Waals surface area contributed by atoms with Crippen molar-refractivity contribution in [3.05, 3.63) is 60.2 Å². The normalized spacial score (nSPS) is 11.8. The highest BCUT2D eigenvalue weighted by molar-refractivity contribution is 7.92. The van der Waals surface area contributed by atoms with Gasteiger partial charge in [-0.05, 0) is 43.3 Å². The number of halogens is 3. The average Bonchev–Trinajstić information content (AvgIpc) is 2.60. The Kier molecular flexibility index (Phi) is 5.91. The number of benzene rings is 2. The van der Waals surface area contributed by atoms with Gasteiger partial charge in [-0.2, -0.15) is 13.2 Å². The van der Waals surface area contributed by atoms with Gasteiger partial charge < -0.3 is 4.74 Å². The van der Waals surface area contributed by atoms with Gasteiger partial charge in [0.2, 0.25) is 0 Å². The van der Waals surface area contributed by atoms with Crippen LogP contribution in [0.5, 0.6) is 0 Å². The van der Waals surface area contributed by atoms with E-state index in [0.717, 1.165) is 28.6 Å². The highest BCUT2D eigenvalue weighted by atomic mass is 32.2. The molecule has 0 amide bonds. The maximum absolute atomic E-state index is 12.9. The first kappa shape index (κ1) is 19.8. The van der Waals surface area contributed by atoms with Crippen molar-refractivity contribution < 1.29 is 31.1 Å². The lowest BCUT2D eigenvalue weighted by molar-refractivity contribution is -0.141. The van der Waals surface area contributed by atoms with Crippen molar-refractivity contribution in [1.82, 2.24) is 0 Å². The van der Waals surface area contributed by atoms with Gasteiger partial charge in [0.05, 0.1) is 22.8 Å². The third-order valence-corrected chi connectivity index (χ3v) is 5.18. The number of carbonyl (C=O) groups excluding carboxylic acids is 1. The maximum Gasteiger partial charge on any atom is 0.416 e. The maximum atomic E-state index is 12.9. The summed E-state index contributed by atoms with van der Waals surface area (Å²) in [7, 11) is -4.16. The third-order valence-electron chi connectivity index (χ3n) is 3.39. The summed E-state index contributed by atoms with van der Waals surface area (Å²) in [4.78, 5) is 11.7. The first-order chi connectivity index (χ1) is 12.2. The smallest absolute Gasteiger partial charge is 0.416 e. The molecule has 0 unspecified atom stereocenters. The van der Waals surface area contributed by atoms with Crippen LogP contribution in [0.25, 0.3) is 0 Å². The van der Waals surface area contributed by atoms with E-state index in [0.29, 0.717) is 0 Å². The van der Waals surface area contributed by atoms with Crippen molar-refractivity contribution in [1.29, 1.82) is 0 Å². The molecule has 2 aromatic rings. The number of hydrogen-bond donors (Lipinski definition) is 0. The summed E-state index contributed by atoms with van der Waals surface area (Å²) in [6, 6.07) is 10.8. The Balaban J connectivity index is 2.46. The Morgan fingerprint density at radius 3 is 2.12 bits per heavy atom. The number of anilines is 1. The first-order valence-electron chi connectivity index (χ1n) is 7.57. The van der Waals surface area contributed by atoms with Crippen LogP contribution >= 0.6 is 0 Å². The van der Waals surface area contributed by atoms with Gasteiger partial charge in [-0.25, -0.2) is 8.42 Å². The van der Waals surface area contributed by atoms with Crippen LogP contribution in [0.15, 0.2) is 59.5 Å². The third kappa shape index (κ3) is 4.54. The Hall–Kier alpha value is -2.55. The van der Waals surface area contributed by atoms with Crippen molar-refractivity contribution in [3.8, 4) is 0 Å². The second-order valence-electron chi connectivity index (χ2n) is 5.17. The van der Waals surface area contributed by atoms with Crippen LogP contribution in [0.2, 0.25) is 0 Å². The largest absolute Gasteiger partial charge is 0.465 e. The fourth-order valence-electron chi connectivity index (χ4n) is 2.18. The lowest BCUT2D eigenvalue weighted by atomic mass is 10.2. The topological polar surface area (TPSA) is 63.7 Å². The molecule has 2 aromatic carbocycles. The number of sulfonamides is 1. The van der Waals surface area contributed by atoms with Crippen LogP contribution < -0.4 is 4.31 Å². The van der Waals surface area contributed by atoms with Crippen LogP contribution in [-0.2, 0) is 25.7 Å². The molecule has 0 bridgehead atoms. The molecule has 0 aliphatic carbocycles. The summed E-state index contributed by atoms with van der Waals surface area (Å²) >= 11 is 0. The van der Waals surface area contributed by atoms with Crippen molar-refractivity contribution in [2.75, 3.05) is 17.5 Å². The van der Waals surface area contributed by atoms with Crippen molar-refractivity contribution in [2.24, 2.45) is 0 Å². The molecule has 9 heteroatoms. The zero-order valence-corrected chi connectivity index (χ0v) is 14.5. The van der Waals surface area contributed by atoms with E-state index < -0.39 is 34.3 Å². The summed E-state index contributed by atoms with van der Waals surface area (Å²) in [5.41, 5.74) is -0.996. The van der Waals surface area contributed by atoms with E-state index in [-0.39, 0.29) is 17.2 Å². The first-order valence-corrected chi connectivity index (χ1v) is 9.01. The lowest BCUT2D eigenvalue weighted by Crippen LogP contribution is -2.36. The summed E-state index contributed by atoms with van der Waals surface area (Å²) in [6.45, 7) is 0.952. The number of alkyl halides is 3. The predicted molar refractivity (Wildman–Crippen MR) is 89.1 cm³/mol. The molecule has 0 atom stereocenters. The second-order valence-corrected chi connectivity index (χ2v) is 7.04. The number of esters is 1. The van der Waals surface area contributed by atoms with Gasteiger partial charge in [-0.15, -0.1) is 0 Å². The molecule has 0 heterocycles. The second kappa shape index (κ2) is 7.77. The van der Waals surface area contributed by atoms with E-state index in [1.54, 1.807) is 13.0 Å². The number of hydrogen-bond acceptors (Lipinski definition) is 4. The monoisotopic (exact) mass is 387 g/mol. The fourth-order valence-corrected chi connectivity index (χ4v) is 3.61. The van der Waals surface area contributed by atoms with Gasteiger partial charge in [-0.3, -0.25) is 9.10 Å². The summed E-state index contributed by atoms with van der Waals surface area (Å²) < 4.78 is 69.4. The van der Waals surface area contributed by atoms with Gasteiger partial charge in [0.15, 0.2) is 0 Å². The summed E-state index contributed by atoms with van der Waals surface area (Å²) in [5.74, 6) is -0.813. The minimum absolute atomic E-state index is 0.0467. The number of nitrogens with zero attached hydrogens (tertiary/aromatic N) is 1. The molecule has 0 aliphatic heterocycles. The Morgan fingerprint density at radius 1 is 1.04 bits per heavy atom. The quantitative estimate of drug-likeness (QED) is 0.712. The van der Waals surface area contributed by atoms with E-state index >= 15 is 0 Å². The van der Waals surface area contributed by atoms with Gasteiger partial charge >= 0.3 is 12.1 Å². The highest BCUT2D eigenvalue weighted by Gasteiger charge is 2.32. The van der Waals surface area contributed by atoms with Crippen LogP contribution in [0.1, 0.15) is 12.5 Å². The van der Waals surface area contributed by atoms with E-state index in [1.807, 2.05) is 0 Å². The Bertz CT molecular complexity index is 850. The molecule has 0 spiro atoms. The molecule has 0 saturated heterocycles. The lowest BCUT2D eigenvalue weighted by Gasteiger charge is -2.24. The molecule has 0 fully saturated rings. The molecule has 2 rings (SSSR count). The fraction of sp³-hybridized carbons (Fsp3) is 0.235. The van der Waals surface area contributed by atoms with E-state index in [9.17, 15) is 26.4 Å². The standard InChI is InChI=1S/C17H16F3NO4S/c1-2-25-16(22)12-21(26(23,24)15-6-4-3-5-7-15)14-10-8-13(9-11-14)17(18,19)20/h3-11H,2,12H2,1H3. The van der Waals surface area contributed by atoms with Crippen molar-refractivity contribution >= 4 is 21.7 Å². The van der Waals surface area contributed by atoms with E-state index in [4.69, 9.17) is 4.74 Å². The van der Waals surface area contributed by atoms with Crippen LogP contribution in [0.4, 0.5) is 18.9 Å². The van der Waals surface area contributed by atoms with Crippen LogP contribution in [0, 0.1) is 0 Å². The molecule has 0 radical (unpaired) electrons. The number of carbonyl (C=O) groups is 1. The van der Waals surface area contributed by atoms with Crippen LogP contribution in [-0.4, -0.2) is 27.5 Å². The van der Waals surface area contributed by atoms with E-state index in [1.165, 1.54) is 24.3 Å². The van der Waals surface area contributed by atoms with Gasteiger partial charge in [-0.1, -0.05) is 18.2 Å². The minimum atomic E-state index is -4.55. The molecule has 5 nitrogen and oxygen atoms in total. The van der Waals surface area contributed by atoms with Gasteiger partial charge in [0, 0.05) is 0 Å². The van der Waals surface area contributed by atoms with Crippen molar-refractivity contribution in [2.45, 2.75) is 18.0 Å². The molecule has 0 N–H and O–H groups in total. The summed E-state index contributed by atoms with van der Waals surface area (Å²) in [5, 5.41) is 0. The molecule has 140 valence electrons. The SMILES string of the molecule is CCOC(=O)CN(c1ccc(C(F)(F)F)cc1)S(=O)(=O)c1ccccc1. The molecule has 0 aliphatic rings. The average molecular weight is 387 g/mol. The summed E-state index contributed by atoms with van der Waals surface area (Å²) in [6.07, 6.45) is -4.55. The molecule has 26 heavy (non-hydrogen) atoms. The molecule has 0 aromatic heterocycles. The number of ether oxygens (including phenoxy) is 1. The van der Waals surface area contributed by atoms with Gasteiger partial charge in [0.25, 0.3) is 10.0 Å². The highest BCUT2D eigenvalue weighted by Crippen LogP contribution is 2.31. The van der Waals surface area contributed by atoms with E-state index in [2.05, 4.69) is 0 Å².